The number of nitrogens with zero attached hydrogens (tertiary/aromatic N) is 3. The molecule has 2 heterocycles. The van der Waals surface area contributed by atoms with E-state index in [1.165, 1.54) is 51.6 Å². The van der Waals surface area contributed by atoms with Gasteiger partial charge in [-0.05, 0) is 33.1 Å². The van der Waals surface area contributed by atoms with E-state index in [9.17, 15) is 0 Å². The highest BCUT2D eigenvalue weighted by Crippen LogP contribution is 2.34. The van der Waals surface area contributed by atoms with Crippen LogP contribution in [0.25, 0.3) is 0 Å². The van der Waals surface area contributed by atoms with Crippen LogP contribution in [-0.4, -0.2) is 45.2 Å². The molecule has 4 nitrogen and oxygen atoms in total. The van der Waals surface area contributed by atoms with Crippen molar-refractivity contribution in [2.45, 2.75) is 70.0 Å². The van der Waals surface area contributed by atoms with Crippen LogP contribution in [0.15, 0.2) is 18.7 Å². The van der Waals surface area contributed by atoms with Crippen LogP contribution in [0.5, 0.6) is 0 Å². The number of aromatic nitrogens is 2. The molecule has 21 heavy (non-hydrogen) atoms. The molecule has 0 amide bonds. The molecular weight excluding hydrogens is 260 g/mol. The summed E-state index contributed by atoms with van der Waals surface area (Å²) in [6.45, 7) is 9.38. The predicted octanol–water partition coefficient (Wildman–Crippen LogP) is 2.66. The lowest BCUT2D eigenvalue weighted by Gasteiger charge is -2.53. The van der Waals surface area contributed by atoms with E-state index in [-0.39, 0.29) is 5.54 Å². The molecule has 0 aromatic carbocycles. The molecule has 1 N–H and O–H groups in total. The number of imidazole rings is 1. The Hall–Kier alpha value is -0.870. The van der Waals surface area contributed by atoms with Gasteiger partial charge >= 0.3 is 0 Å². The summed E-state index contributed by atoms with van der Waals surface area (Å²) in [5.41, 5.74) is 0.681. The van der Waals surface area contributed by atoms with Crippen LogP contribution in [0.3, 0.4) is 0 Å². The maximum absolute atomic E-state index is 4.12. The molecule has 3 rings (SSSR count). The molecule has 4 heteroatoms. The van der Waals surface area contributed by atoms with Gasteiger partial charge < -0.3 is 9.88 Å². The van der Waals surface area contributed by atoms with Crippen LogP contribution >= 0.6 is 0 Å². The minimum Gasteiger partial charge on any atom is -0.337 e. The fraction of sp³-hybridized carbons (Fsp3) is 0.824. The van der Waals surface area contributed by atoms with Crippen molar-refractivity contribution in [2.75, 3.05) is 19.6 Å². The monoisotopic (exact) mass is 290 g/mol. The van der Waals surface area contributed by atoms with Gasteiger partial charge in [-0.25, -0.2) is 4.98 Å². The van der Waals surface area contributed by atoms with Gasteiger partial charge in [0.15, 0.2) is 0 Å². The number of piperazine rings is 1. The van der Waals surface area contributed by atoms with Gasteiger partial charge in [0.25, 0.3) is 0 Å². The van der Waals surface area contributed by atoms with E-state index >= 15 is 0 Å². The lowest BCUT2D eigenvalue weighted by Crippen LogP contribution is -2.68. The van der Waals surface area contributed by atoms with Crippen molar-refractivity contribution in [1.29, 1.82) is 0 Å². The van der Waals surface area contributed by atoms with Crippen molar-refractivity contribution >= 4 is 0 Å². The summed E-state index contributed by atoms with van der Waals surface area (Å²) in [4.78, 5) is 6.85. The van der Waals surface area contributed by atoms with E-state index in [0.717, 1.165) is 13.1 Å². The normalized spacial score (nSPS) is 25.2. The van der Waals surface area contributed by atoms with Crippen LogP contribution in [0, 0.1) is 0 Å². The highest BCUT2D eigenvalue weighted by Gasteiger charge is 2.42. The third kappa shape index (κ3) is 3.49. The first kappa shape index (κ1) is 15.0. The van der Waals surface area contributed by atoms with Gasteiger partial charge in [0.1, 0.15) is 0 Å². The summed E-state index contributed by atoms with van der Waals surface area (Å²) >= 11 is 0. The molecule has 2 aliphatic rings. The first-order valence-electron chi connectivity index (χ1n) is 8.56. The second-order valence-electron chi connectivity index (χ2n) is 7.58. The standard InChI is InChI=1S/C17H30N4/c1-16(2)13-19-17(7-4-3-5-8-17)14-21(16)11-6-10-20-12-9-18-15-20/h9,12,15,19H,3-8,10-11,13-14H2,1-2H3. The maximum Gasteiger partial charge on any atom is 0.0945 e. The van der Waals surface area contributed by atoms with Crippen molar-refractivity contribution in [1.82, 2.24) is 19.8 Å². The van der Waals surface area contributed by atoms with Gasteiger partial charge in [-0.1, -0.05) is 19.3 Å². The number of rotatable bonds is 4. The smallest absolute Gasteiger partial charge is 0.0945 e. The topological polar surface area (TPSA) is 33.1 Å². The van der Waals surface area contributed by atoms with E-state index in [0.29, 0.717) is 5.54 Å². The third-order valence-corrected chi connectivity index (χ3v) is 5.46. The summed E-state index contributed by atoms with van der Waals surface area (Å²) < 4.78 is 2.19. The molecule has 2 fully saturated rings. The van der Waals surface area contributed by atoms with Gasteiger partial charge in [-0.15, -0.1) is 0 Å². The van der Waals surface area contributed by atoms with E-state index in [1.54, 1.807) is 0 Å². The quantitative estimate of drug-likeness (QED) is 0.925. The van der Waals surface area contributed by atoms with Crippen molar-refractivity contribution < 1.29 is 0 Å². The lowest BCUT2D eigenvalue weighted by molar-refractivity contribution is 0.00949. The average Bonchev–Trinajstić information content (AvgIpc) is 2.98. The molecule has 0 unspecified atom stereocenters. The zero-order valence-electron chi connectivity index (χ0n) is 13.6. The third-order valence-electron chi connectivity index (χ3n) is 5.46. The van der Waals surface area contributed by atoms with Crippen LogP contribution in [0.4, 0.5) is 0 Å². The zero-order valence-corrected chi connectivity index (χ0v) is 13.6. The molecule has 0 atom stereocenters. The van der Waals surface area contributed by atoms with Crippen molar-refractivity contribution in [3.63, 3.8) is 0 Å². The second kappa shape index (κ2) is 6.09. The number of hydrogen-bond acceptors (Lipinski definition) is 3. The van der Waals surface area contributed by atoms with Gasteiger partial charge in [0.2, 0.25) is 0 Å². The molecule has 0 radical (unpaired) electrons. The summed E-state index contributed by atoms with van der Waals surface area (Å²) in [5, 5.41) is 3.90. The number of aryl methyl sites for hydroxylation is 1. The van der Waals surface area contributed by atoms with E-state index in [2.05, 4.69) is 39.8 Å². The maximum atomic E-state index is 4.12. The highest BCUT2D eigenvalue weighted by molar-refractivity contribution is 5.03. The Kier molecular flexibility index (Phi) is 4.36. The Labute approximate surface area is 128 Å². The molecule has 1 saturated heterocycles. The molecule has 1 aromatic heterocycles. The minimum atomic E-state index is 0.275. The van der Waals surface area contributed by atoms with Crippen LogP contribution < -0.4 is 5.32 Å². The Balaban J connectivity index is 1.57. The van der Waals surface area contributed by atoms with Gasteiger partial charge in [0.05, 0.1) is 6.33 Å². The Morgan fingerprint density at radius 1 is 1.14 bits per heavy atom. The zero-order chi connectivity index (χ0) is 14.8. The largest absolute Gasteiger partial charge is 0.337 e. The van der Waals surface area contributed by atoms with Crippen LogP contribution in [0.1, 0.15) is 52.4 Å². The average molecular weight is 290 g/mol. The predicted molar refractivity (Wildman–Crippen MR) is 86.3 cm³/mol. The molecular formula is C17H30N4. The van der Waals surface area contributed by atoms with Crippen molar-refractivity contribution in [3.05, 3.63) is 18.7 Å². The highest BCUT2D eigenvalue weighted by atomic mass is 15.3. The second-order valence-corrected chi connectivity index (χ2v) is 7.58. The molecule has 1 saturated carbocycles. The summed E-state index contributed by atoms with van der Waals surface area (Å²) in [6, 6.07) is 0. The fourth-order valence-electron chi connectivity index (χ4n) is 3.96. The van der Waals surface area contributed by atoms with E-state index in [4.69, 9.17) is 0 Å². The van der Waals surface area contributed by atoms with Crippen LogP contribution in [0.2, 0.25) is 0 Å². The summed E-state index contributed by atoms with van der Waals surface area (Å²) in [5.74, 6) is 0. The van der Waals surface area contributed by atoms with E-state index < -0.39 is 0 Å². The summed E-state index contributed by atoms with van der Waals surface area (Å²) in [6.07, 6.45) is 14.0. The number of hydrogen-bond donors (Lipinski definition) is 1. The molecule has 118 valence electrons. The Morgan fingerprint density at radius 3 is 2.67 bits per heavy atom. The molecule has 1 spiro atoms. The van der Waals surface area contributed by atoms with Crippen LogP contribution in [-0.2, 0) is 6.54 Å². The SMILES string of the molecule is CC1(C)CNC2(CCCCC2)CN1CCCn1ccnc1. The van der Waals surface area contributed by atoms with Crippen molar-refractivity contribution in [3.8, 4) is 0 Å². The van der Waals surface area contributed by atoms with Crippen molar-refractivity contribution in [2.24, 2.45) is 0 Å². The fourth-order valence-corrected chi connectivity index (χ4v) is 3.96. The van der Waals surface area contributed by atoms with Gasteiger partial charge in [-0.3, -0.25) is 4.90 Å². The summed E-state index contributed by atoms with van der Waals surface area (Å²) in [7, 11) is 0. The number of nitrogens with one attached hydrogen (secondary N) is 1. The van der Waals surface area contributed by atoms with E-state index in [1.807, 2.05) is 12.5 Å². The first-order chi connectivity index (χ1) is 10.1. The van der Waals surface area contributed by atoms with Gasteiger partial charge in [0, 0.05) is 49.7 Å². The molecule has 1 aromatic rings. The Bertz CT molecular complexity index is 432. The minimum absolute atomic E-state index is 0.275. The molecule has 1 aliphatic carbocycles. The van der Waals surface area contributed by atoms with Gasteiger partial charge in [-0.2, -0.15) is 0 Å². The lowest BCUT2D eigenvalue weighted by atomic mass is 9.77. The first-order valence-corrected chi connectivity index (χ1v) is 8.56. The molecule has 1 aliphatic heterocycles. The molecule has 0 bridgehead atoms. The Morgan fingerprint density at radius 2 is 1.95 bits per heavy atom.